The summed E-state index contributed by atoms with van der Waals surface area (Å²) in [5.41, 5.74) is 1.99. The number of hydrogen-bond acceptors (Lipinski definition) is 4. The first-order valence-corrected chi connectivity index (χ1v) is 9.04. The Morgan fingerprint density at radius 3 is 2.88 bits per heavy atom. The molecule has 0 bridgehead atoms. The van der Waals surface area contributed by atoms with Crippen LogP contribution in [0.15, 0.2) is 18.2 Å². The lowest BCUT2D eigenvalue weighted by Crippen LogP contribution is -2.37. The molecule has 0 fully saturated rings. The molecule has 1 aliphatic rings. The van der Waals surface area contributed by atoms with E-state index in [2.05, 4.69) is 10.2 Å². The first-order chi connectivity index (χ1) is 12.1. The number of carbonyl (C=O) groups is 2. The summed E-state index contributed by atoms with van der Waals surface area (Å²) >= 11 is 0. The van der Waals surface area contributed by atoms with Crippen LogP contribution in [-0.4, -0.2) is 48.1 Å². The van der Waals surface area contributed by atoms with Crippen LogP contribution < -0.4 is 10.1 Å². The number of fused-ring (bicyclic) bond motifs is 1. The second kappa shape index (κ2) is 10.0. The van der Waals surface area contributed by atoms with Crippen molar-refractivity contribution in [3.05, 3.63) is 29.3 Å². The summed E-state index contributed by atoms with van der Waals surface area (Å²) in [7, 11) is 0. The third-order valence-corrected chi connectivity index (χ3v) is 4.36. The van der Waals surface area contributed by atoms with E-state index in [1.165, 1.54) is 0 Å². The molecule has 0 saturated heterocycles. The number of nitrogens with zero attached hydrogens (tertiary/aromatic N) is 1. The van der Waals surface area contributed by atoms with E-state index in [1.54, 1.807) is 0 Å². The Morgan fingerprint density at radius 2 is 2.12 bits per heavy atom. The molecule has 0 radical (unpaired) electrons. The van der Waals surface area contributed by atoms with Crippen LogP contribution in [0.5, 0.6) is 5.75 Å². The van der Waals surface area contributed by atoms with Crippen molar-refractivity contribution in [2.75, 3.05) is 26.2 Å². The van der Waals surface area contributed by atoms with Gasteiger partial charge >= 0.3 is 5.97 Å². The largest absolute Gasteiger partial charge is 0.493 e. The predicted octanol–water partition coefficient (Wildman–Crippen LogP) is 2.20. The second-order valence-corrected chi connectivity index (χ2v) is 6.40. The number of aryl methyl sites for hydroxylation is 1. The number of carboxylic acid groups (broad SMARTS) is 1. The van der Waals surface area contributed by atoms with E-state index in [-0.39, 0.29) is 12.3 Å². The zero-order valence-corrected chi connectivity index (χ0v) is 14.9. The molecule has 0 saturated carbocycles. The van der Waals surface area contributed by atoms with Gasteiger partial charge in [-0.3, -0.25) is 14.5 Å². The average Bonchev–Trinajstić information content (AvgIpc) is 2.60. The molecule has 6 heteroatoms. The van der Waals surface area contributed by atoms with Gasteiger partial charge in [0.15, 0.2) is 0 Å². The van der Waals surface area contributed by atoms with Gasteiger partial charge in [0.05, 0.1) is 13.2 Å². The maximum Gasteiger partial charge on any atom is 0.303 e. The summed E-state index contributed by atoms with van der Waals surface area (Å²) in [6.45, 7) is 5.12. The summed E-state index contributed by atoms with van der Waals surface area (Å²) in [5.74, 6) is 0.0786. The minimum Gasteiger partial charge on any atom is -0.493 e. The molecule has 25 heavy (non-hydrogen) atoms. The number of likely N-dealkylation sites (N-methyl/N-ethyl adjacent to an activating group) is 1. The number of carbonyl (C=O) groups excluding carboxylic acids is 1. The smallest absolute Gasteiger partial charge is 0.303 e. The molecule has 0 atom stereocenters. The maximum absolute atomic E-state index is 12.1. The molecule has 6 nitrogen and oxygen atoms in total. The molecule has 1 amide bonds. The summed E-state index contributed by atoms with van der Waals surface area (Å²) in [5, 5.41) is 11.8. The molecule has 0 unspecified atom stereocenters. The highest BCUT2D eigenvalue weighted by atomic mass is 16.5. The third kappa shape index (κ3) is 6.74. The average molecular weight is 348 g/mol. The Hall–Kier alpha value is -2.08. The van der Waals surface area contributed by atoms with Gasteiger partial charge in [0.2, 0.25) is 5.91 Å². The topological polar surface area (TPSA) is 78.9 Å². The van der Waals surface area contributed by atoms with E-state index >= 15 is 0 Å². The first kappa shape index (κ1) is 19.2. The van der Waals surface area contributed by atoms with Crippen molar-refractivity contribution in [1.29, 1.82) is 0 Å². The maximum atomic E-state index is 12.1. The van der Waals surface area contributed by atoms with Crippen LogP contribution in [0.3, 0.4) is 0 Å². The van der Waals surface area contributed by atoms with Gasteiger partial charge in [-0.1, -0.05) is 19.1 Å². The van der Waals surface area contributed by atoms with Gasteiger partial charge in [0.1, 0.15) is 5.75 Å². The predicted molar refractivity (Wildman–Crippen MR) is 95.7 cm³/mol. The summed E-state index contributed by atoms with van der Waals surface area (Å²) in [4.78, 5) is 24.9. The number of ether oxygens (including phenoxy) is 1. The zero-order valence-electron chi connectivity index (χ0n) is 14.9. The zero-order chi connectivity index (χ0) is 18.1. The van der Waals surface area contributed by atoms with Gasteiger partial charge in [0, 0.05) is 25.1 Å². The van der Waals surface area contributed by atoms with E-state index in [1.807, 2.05) is 25.1 Å². The first-order valence-electron chi connectivity index (χ1n) is 9.04. The molecule has 138 valence electrons. The van der Waals surface area contributed by atoms with Crippen molar-refractivity contribution in [2.45, 2.75) is 45.6 Å². The number of hydrogen-bond donors (Lipinski definition) is 2. The number of rotatable bonds is 4. The van der Waals surface area contributed by atoms with Crippen LogP contribution in [-0.2, 0) is 22.6 Å². The van der Waals surface area contributed by atoms with Crippen LogP contribution in [0.25, 0.3) is 0 Å². The summed E-state index contributed by atoms with van der Waals surface area (Å²) in [6.07, 6.45) is 3.54. The van der Waals surface area contributed by atoms with Crippen LogP contribution >= 0.6 is 0 Å². The van der Waals surface area contributed by atoms with Gasteiger partial charge in [-0.05, 0) is 43.9 Å². The fourth-order valence-electron chi connectivity index (χ4n) is 2.90. The van der Waals surface area contributed by atoms with Crippen LogP contribution in [0, 0.1) is 0 Å². The molecule has 2 rings (SSSR count). The minimum atomic E-state index is -0.799. The number of aliphatic carboxylic acids is 1. The Balaban J connectivity index is 2.18. The van der Waals surface area contributed by atoms with E-state index in [9.17, 15) is 9.59 Å². The Kier molecular flexibility index (Phi) is 7.73. The summed E-state index contributed by atoms with van der Waals surface area (Å²) < 4.78 is 5.95. The molecule has 0 aromatic heterocycles. The second-order valence-electron chi connectivity index (χ2n) is 6.40. The molecule has 0 spiro atoms. The molecular weight excluding hydrogens is 320 g/mol. The van der Waals surface area contributed by atoms with Gasteiger partial charge in [-0.15, -0.1) is 0 Å². The van der Waals surface area contributed by atoms with Crippen LogP contribution in [0.2, 0.25) is 0 Å². The van der Waals surface area contributed by atoms with Crippen molar-refractivity contribution in [1.82, 2.24) is 10.2 Å². The van der Waals surface area contributed by atoms with Crippen molar-refractivity contribution < 1.29 is 19.4 Å². The van der Waals surface area contributed by atoms with Crippen molar-refractivity contribution in [3.63, 3.8) is 0 Å². The summed E-state index contributed by atoms with van der Waals surface area (Å²) in [6, 6.07) is 5.88. The highest BCUT2D eigenvalue weighted by Gasteiger charge is 2.14. The lowest BCUT2D eigenvalue weighted by Gasteiger charge is -2.22. The Bertz CT molecular complexity index is 589. The Morgan fingerprint density at radius 1 is 1.28 bits per heavy atom. The highest BCUT2D eigenvalue weighted by Crippen LogP contribution is 2.23. The number of benzene rings is 1. The standard InChI is InChI=1S/C19H28N2O4/c1-2-21-13-16-12-15(7-9-19(23)24)6-8-17(16)25-11-5-3-4-10-20-18(22)14-21/h6,8,12H,2-5,7,9-11,13-14H2,1H3,(H,20,22)(H,23,24). The molecule has 0 aliphatic carbocycles. The molecule has 1 aromatic rings. The highest BCUT2D eigenvalue weighted by molar-refractivity contribution is 5.78. The number of amides is 1. The quantitative estimate of drug-likeness (QED) is 0.872. The fraction of sp³-hybridized carbons (Fsp3) is 0.579. The van der Waals surface area contributed by atoms with Crippen LogP contribution in [0.4, 0.5) is 0 Å². The lowest BCUT2D eigenvalue weighted by atomic mass is 10.0. The fourth-order valence-corrected chi connectivity index (χ4v) is 2.90. The molecule has 1 aromatic carbocycles. The van der Waals surface area contributed by atoms with E-state index in [4.69, 9.17) is 9.84 Å². The lowest BCUT2D eigenvalue weighted by molar-refractivity contribution is -0.137. The molecule has 1 heterocycles. The SMILES string of the molecule is CCN1CC(=O)NCCCCCOc2ccc(CCC(=O)O)cc2C1. The minimum absolute atomic E-state index is 0.0468. The van der Waals surface area contributed by atoms with E-state index in [0.717, 1.165) is 42.7 Å². The van der Waals surface area contributed by atoms with Gasteiger partial charge < -0.3 is 15.2 Å². The van der Waals surface area contributed by atoms with Crippen molar-refractivity contribution in [3.8, 4) is 5.75 Å². The van der Waals surface area contributed by atoms with Crippen molar-refractivity contribution >= 4 is 11.9 Å². The van der Waals surface area contributed by atoms with Gasteiger partial charge in [-0.2, -0.15) is 0 Å². The number of carboxylic acids is 1. The van der Waals surface area contributed by atoms with Crippen molar-refractivity contribution in [2.24, 2.45) is 0 Å². The Labute approximate surface area is 149 Å². The monoisotopic (exact) mass is 348 g/mol. The van der Waals surface area contributed by atoms with E-state index < -0.39 is 5.97 Å². The van der Waals surface area contributed by atoms with Gasteiger partial charge in [-0.25, -0.2) is 0 Å². The van der Waals surface area contributed by atoms with Crippen LogP contribution in [0.1, 0.15) is 43.7 Å². The molecule has 1 aliphatic heterocycles. The number of nitrogens with one attached hydrogen (secondary N) is 1. The third-order valence-electron chi connectivity index (χ3n) is 4.36. The normalized spacial score (nSPS) is 17.2. The molecular formula is C19H28N2O4. The van der Waals surface area contributed by atoms with E-state index in [0.29, 0.717) is 32.7 Å². The molecule has 2 N–H and O–H groups in total. The van der Waals surface area contributed by atoms with Gasteiger partial charge in [0.25, 0.3) is 0 Å².